The summed E-state index contributed by atoms with van der Waals surface area (Å²) in [4.78, 5) is 8.01. The summed E-state index contributed by atoms with van der Waals surface area (Å²) in [7, 11) is 0. The SMILES string of the molecule is CCC1=NC(=N)N[C@H]1CCCN=C(N)N. The van der Waals surface area contributed by atoms with Gasteiger partial charge in [0.1, 0.15) is 0 Å². The minimum absolute atomic E-state index is 0.131. The number of rotatable bonds is 5. The Balaban J connectivity index is 2.31. The van der Waals surface area contributed by atoms with Gasteiger partial charge in [-0.15, -0.1) is 0 Å². The highest BCUT2D eigenvalue weighted by Gasteiger charge is 2.21. The highest BCUT2D eigenvalue weighted by Crippen LogP contribution is 2.08. The van der Waals surface area contributed by atoms with E-state index in [1.54, 1.807) is 0 Å². The van der Waals surface area contributed by atoms with Gasteiger partial charge in [-0.05, 0) is 19.3 Å². The van der Waals surface area contributed by atoms with Crippen molar-refractivity contribution >= 4 is 17.6 Å². The molecule has 1 rings (SSSR count). The fourth-order valence-corrected chi connectivity index (χ4v) is 1.57. The van der Waals surface area contributed by atoms with Crippen molar-refractivity contribution in [2.75, 3.05) is 6.54 Å². The van der Waals surface area contributed by atoms with Gasteiger partial charge in [0.15, 0.2) is 5.96 Å². The van der Waals surface area contributed by atoms with E-state index in [9.17, 15) is 0 Å². The molecule has 15 heavy (non-hydrogen) atoms. The minimum Gasteiger partial charge on any atom is -0.370 e. The smallest absolute Gasteiger partial charge is 0.215 e. The minimum atomic E-state index is 0.131. The highest BCUT2D eigenvalue weighted by atomic mass is 15.2. The van der Waals surface area contributed by atoms with Crippen molar-refractivity contribution in [1.82, 2.24) is 5.32 Å². The van der Waals surface area contributed by atoms with Crippen molar-refractivity contribution in [3.8, 4) is 0 Å². The van der Waals surface area contributed by atoms with Crippen LogP contribution in [0.2, 0.25) is 0 Å². The van der Waals surface area contributed by atoms with Crippen LogP contribution in [0.25, 0.3) is 0 Å². The van der Waals surface area contributed by atoms with Gasteiger partial charge in [0.25, 0.3) is 0 Å². The molecular formula is C9H18N6. The van der Waals surface area contributed by atoms with Crippen LogP contribution in [0.15, 0.2) is 9.98 Å². The van der Waals surface area contributed by atoms with E-state index in [-0.39, 0.29) is 18.0 Å². The number of hydrogen-bond donors (Lipinski definition) is 4. The molecular weight excluding hydrogens is 192 g/mol. The van der Waals surface area contributed by atoms with Gasteiger partial charge in [-0.1, -0.05) is 6.92 Å². The van der Waals surface area contributed by atoms with Crippen molar-refractivity contribution in [3.63, 3.8) is 0 Å². The second-order valence-electron chi connectivity index (χ2n) is 3.45. The molecule has 0 saturated heterocycles. The van der Waals surface area contributed by atoms with Gasteiger partial charge in [0.2, 0.25) is 5.96 Å². The fourth-order valence-electron chi connectivity index (χ4n) is 1.57. The summed E-state index contributed by atoms with van der Waals surface area (Å²) in [6.45, 7) is 2.67. The number of nitrogens with zero attached hydrogens (tertiary/aromatic N) is 2. The monoisotopic (exact) mass is 210 g/mol. The van der Waals surface area contributed by atoms with Gasteiger partial charge >= 0.3 is 0 Å². The summed E-state index contributed by atoms with van der Waals surface area (Å²) in [6, 6.07) is 0.191. The number of aliphatic imine (C=N–C) groups is 2. The molecule has 0 spiro atoms. The Morgan fingerprint density at radius 3 is 2.93 bits per heavy atom. The van der Waals surface area contributed by atoms with Gasteiger partial charge in [-0.3, -0.25) is 10.4 Å². The van der Waals surface area contributed by atoms with E-state index in [4.69, 9.17) is 16.9 Å². The molecule has 6 N–H and O–H groups in total. The molecule has 6 nitrogen and oxygen atoms in total. The summed E-state index contributed by atoms with van der Waals surface area (Å²) >= 11 is 0. The first-order chi connectivity index (χ1) is 7.13. The Kier molecular flexibility index (Phi) is 4.08. The lowest BCUT2D eigenvalue weighted by Gasteiger charge is -2.11. The third-order valence-electron chi connectivity index (χ3n) is 2.28. The lowest BCUT2D eigenvalue weighted by molar-refractivity contribution is 0.656. The molecule has 0 fully saturated rings. The summed E-state index contributed by atoms with van der Waals surface area (Å²) in [6.07, 6.45) is 2.68. The molecule has 0 bridgehead atoms. The van der Waals surface area contributed by atoms with Gasteiger partial charge in [-0.25, -0.2) is 4.99 Å². The van der Waals surface area contributed by atoms with Gasteiger partial charge in [-0.2, -0.15) is 0 Å². The summed E-state index contributed by atoms with van der Waals surface area (Å²) in [5.41, 5.74) is 11.5. The molecule has 1 aliphatic heterocycles. The van der Waals surface area contributed by atoms with Crippen LogP contribution >= 0.6 is 0 Å². The highest BCUT2D eigenvalue weighted by molar-refractivity contribution is 6.05. The Morgan fingerprint density at radius 2 is 2.33 bits per heavy atom. The molecule has 0 saturated carbocycles. The van der Waals surface area contributed by atoms with Crippen LogP contribution in [0.5, 0.6) is 0 Å². The van der Waals surface area contributed by atoms with Crippen LogP contribution in [-0.4, -0.2) is 30.2 Å². The predicted molar refractivity (Wildman–Crippen MR) is 62.3 cm³/mol. The first kappa shape index (κ1) is 11.5. The maximum atomic E-state index is 7.40. The molecule has 1 heterocycles. The second kappa shape index (κ2) is 5.33. The van der Waals surface area contributed by atoms with E-state index in [1.807, 2.05) is 6.92 Å². The van der Waals surface area contributed by atoms with Crippen LogP contribution < -0.4 is 16.8 Å². The average Bonchev–Trinajstić information content (AvgIpc) is 2.53. The molecule has 0 aromatic carbocycles. The van der Waals surface area contributed by atoms with Crippen LogP contribution in [0.1, 0.15) is 26.2 Å². The van der Waals surface area contributed by atoms with E-state index in [2.05, 4.69) is 15.3 Å². The molecule has 0 amide bonds. The molecule has 1 atom stereocenters. The summed E-state index contributed by atoms with van der Waals surface area (Å²) in [5.74, 6) is 0.394. The first-order valence-electron chi connectivity index (χ1n) is 5.11. The van der Waals surface area contributed by atoms with Gasteiger partial charge in [0, 0.05) is 12.3 Å². The molecule has 1 aliphatic rings. The van der Waals surface area contributed by atoms with E-state index >= 15 is 0 Å². The fraction of sp³-hybridized carbons (Fsp3) is 0.667. The molecule has 84 valence electrons. The summed E-state index contributed by atoms with van der Waals surface area (Å²) in [5, 5.41) is 10.4. The zero-order valence-corrected chi connectivity index (χ0v) is 8.95. The molecule has 0 aromatic rings. The lowest BCUT2D eigenvalue weighted by Crippen LogP contribution is -2.32. The zero-order chi connectivity index (χ0) is 11.3. The number of guanidine groups is 2. The van der Waals surface area contributed by atoms with Crippen molar-refractivity contribution in [2.24, 2.45) is 21.5 Å². The predicted octanol–water partition coefficient (Wildman–Crippen LogP) is -0.202. The zero-order valence-electron chi connectivity index (χ0n) is 8.95. The Hall–Kier alpha value is -1.59. The van der Waals surface area contributed by atoms with E-state index in [1.165, 1.54) is 0 Å². The summed E-state index contributed by atoms with van der Waals surface area (Å²) < 4.78 is 0. The molecule has 0 aromatic heterocycles. The maximum Gasteiger partial charge on any atom is 0.215 e. The first-order valence-corrected chi connectivity index (χ1v) is 5.11. The quantitative estimate of drug-likeness (QED) is 0.286. The number of nitrogens with two attached hydrogens (primary N) is 2. The van der Waals surface area contributed by atoms with Crippen molar-refractivity contribution in [1.29, 1.82) is 5.41 Å². The van der Waals surface area contributed by atoms with Crippen LogP contribution in [0, 0.1) is 5.41 Å². The Bertz CT molecular complexity index is 289. The largest absolute Gasteiger partial charge is 0.370 e. The third kappa shape index (κ3) is 3.57. The van der Waals surface area contributed by atoms with Gasteiger partial charge < -0.3 is 16.8 Å². The van der Waals surface area contributed by atoms with Crippen LogP contribution in [0.4, 0.5) is 0 Å². The van der Waals surface area contributed by atoms with E-state index in [0.717, 1.165) is 25.0 Å². The molecule has 0 unspecified atom stereocenters. The van der Waals surface area contributed by atoms with Crippen LogP contribution in [-0.2, 0) is 0 Å². The standard InChI is InChI=1S/C9H18N6/c1-2-6-7(15-9(12)14-6)4-3-5-13-8(10)11/h7H,2-5H2,1H3,(H2,12,15)(H4,10,11,13)/t7-/m0/s1. The third-order valence-corrected chi connectivity index (χ3v) is 2.28. The maximum absolute atomic E-state index is 7.40. The van der Waals surface area contributed by atoms with Crippen molar-refractivity contribution < 1.29 is 0 Å². The van der Waals surface area contributed by atoms with Crippen molar-refractivity contribution in [3.05, 3.63) is 0 Å². The lowest BCUT2D eigenvalue weighted by atomic mass is 10.1. The number of nitrogens with one attached hydrogen (secondary N) is 2. The Morgan fingerprint density at radius 1 is 1.60 bits per heavy atom. The topological polar surface area (TPSA) is 113 Å². The van der Waals surface area contributed by atoms with E-state index in [0.29, 0.717) is 6.54 Å². The molecule has 0 aliphatic carbocycles. The molecule has 0 radical (unpaired) electrons. The average molecular weight is 210 g/mol. The normalized spacial score (nSPS) is 19.7. The second-order valence-corrected chi connectivity index (χ2v) is 3.45. The van der Waals surface area contributed by atoms with Gasteiger partial charge in [0.05, 0.1) is 6.04 Å². The number of hydrogen-bond acceptors (Lipinski definition) is 2. The van der Waals surface area contributed by atoms with Crippen LogP contribution in [0.3, 0.4) is 0 Å². The Labute approximate surface area is 89.4 Å². The van der Waals surface area contributed by atoms with Crippen molar-refractivity contribution in [2.45, 2.75) is 32.2 Å². The molecule has 6 heteroatoms. The van der Waals surface area contributed by atoms with E-state index < -0.39 is 0 Å².